The Kier molecular flexibility index (Phi) is 5.71. The van der Waals surface area contributed by atoms with Gasteiger partial charge in [0.2, 0.25) is 0 Å². The Labute approximate surface area is 200 Å². The first kappa shape index (κ1) is 22.3. The molecule has 1 aromatic heterocycles. The molecule has 0 saturated heterocycles. The lowest BCUT2D eigenvalue weighted by Crippen LogP contribution is -2.42. The topological polar surface area (TPSA) is 73.4 Å². The summed E-state index contributed by atoms with van der Waals surface area (Å²) in [6.07, 6.45) is 2.83. The Morgan fingerprint density at radius 1 is 1.09 bits per heavy atom. The molecule has 1 amide bonds. The minimum atomic E-state index is -1.99. The number of hydrogen-bond donors (Lipinski definition) is 2. The fourth-order valence-corrected chi connectivity index (χ4v) is 4.85. The molecule has 4 aromatic rings. The van der Waals surface area contributed by atoms with Gasteiger partial charge < -0.3 is 15.0 Å². The van der Waals surface area contributed by atoms with Crippen LogP contribution in [0.4, 0.5) is 10.1 Å². The van der Waals surface area contributed by atoms with Crippen molar-refractivity contribution in [3.63, 3.8) is 0 Å². The van der Waals surface area contributed by atoms with Gasteiger partial charge in [0, 0.05) is 39.8 Å². The first-order valence-electron chi connectivity index (χ1n) is 11.0. The van der Waals surface area contributed by atoms with Gasteiger partial charge in [-0.3, -0.25) is 9.59 Å². The number of anilines is 1. The van der Waals surface area contributed by atoms with Crippen molar-refractivity contribution >= 4 is 39.9 Å². The predicted octanol–water partition coefficient (Wildman–Crippen LogP) is 5.40. The zero-order valence-electron chi connectivity index (χ0n) is 18.2. The summed E-state index contributed by atoms with van der Waals surface area (Å²) in [6, 6.07) is 17.9. The molecule has 0 spiro atoms. The van der Waals surface area contributed by atoms with E-state index in [9.17, 15) is 19.1 Å². The molecule has 0 fully saturated rings. The molecule has 34 heavy (non-hydrogen) atoms. The average molecular weight is 477 g/mol. The number of aliphatic hydroxyl groups is 1. The molecule has 0 unspecified atom stereocenters. The van der Waals surface area contributed by atoms with E-state index < -0.39 is 29.5 Å². The molecule has 0 bridgehead atoms. The van der Waals surface area contributed by atoms with E-state index in [1.807, 2.05) is 24.4 Å². The second-order valence-corrected chi connectivity index (χ2v) is 8.99. The summed E-state index contributed by atoms with van der Waals surface area (Å²) < 4.78 is 13.6. The molecule has 0 aliphatic carbocycles. The monoisotopic (exact) mass is 476 g/mol. The number of H-pyrrole nitrogens is 1. The van der Waals surface area contributed by atoms with Crippen LogP contribution in [-0.4, -0.2) is 28.3 Å². The van der Waals surface area contributed by atoms with Crippen molar-refractivity contribution in [2.24, 2.45) is 0 Å². The molecule has 3 aromatic carbocycles. The normalized spacial score (nSPS) is 17.4. The van der Waals surface area contributed by atoms with Gasteiger partial charge in [-0.2, -0.15) is 0 Å². The van der Waals surface area contributed by atoms with Gasteiger partial charge in [-0.1, -0.05) is 41.9 Å². The number of ketones is 1. The number of carbonyl (C=O) groups is 2. The number of nitrogens with zero attached hydrogens (tertiary/aromatic N) is 1. The molecule has 1 aliphatic heterocycles. The second kappa shape index (κ2) is 8.70. The Bertz CT molecular complexity index is 1420. The Morgan fingerprint density at radius 2 is 1.91 bits per heavy atom. The summed E-state index contributed by atoms with van der Waals surface area (Å²) in [6.45, 7) is 0.375. The summed E-state index contributed by atoms with van der Waals surface area (Å²) >= 11 is 6.14. The molecule has 7 heteroatoms. The van der Waals surface area contributed by atoms with Crippen LogP contribution in [0, 0.1) is 5.82 Å². The number of para-hydroxylation sites is 1. The molecule has 0 radical (unpaired) electrons. The summed E-state index contributed by atoms with van der Waals surface area (Å²) in [4.78, 5) is 31.0. The lowest BCUT2D eigenvalue weighted by Gasteiger charge is -2.23. The average Bonchev–Trinajstić information content (AvgIpc) is 3.31. The van der Waals surface area contributed by atoms with Crippen LogP contribution in [0.3, 0.4) is 0 Å². The SMILES string of the molecule is O=C(C[C@]1(O)C(=O)N(CCCc2c[nH]c3ccc(Cl)cc23)c2ccccc21)c1cccc(F)c1. The van der Waals surface area contributed by atoms with Gasteiger partial charge in [0.05, 0.1) is 12.1 Å². The zero-order valence-corrected chi connectivity index (χ0v) is 19.0. The van der Waals surface area contributed by atoms with Crippen LogP contribution in [0.2, 0.25) is 5.02 Å². The molecule has 172 valence electrons. The third-order valence-electron chi connectivity index (χ3n) is 6.36. The highest BCUT2D eigenvalue weighted by Crippen LogP contribution is 2.43. The molecular formula is C27H22ClFN2O3. The zero-order chi connectivity index (χ0) is 23.9. The first-order chi connectivity index (χ1) is 16.4. The number of aromatic amines is 1. The van der Waals surface area contributed by atoms with Gasteiger partial charge >= 0.3 is 0 Å². The van der Waals surface area contributed by atoms with Crippen LogP contribution in [0.25, 0.3) is 10.9 Å². The summed E-state index contributed by atoms with van der Waals surface area (Å²) in [5.41, 5.74) is 1.19. The number of nitrogens with one attached hydrogen (secondary N) is 1. The fraction of sp³-hybridized carbons (Fsp3) is 0.185. The number of benzene rings is 3. The number of Topliss-reactive ketones (excluding diaryl/α,β-unsaturated/α-hetero) is 1. The Morgan fingerprint density at radius 3 is 2.74 bits per heavy atom. The van der Waals surface area contributed by atoms with Crippen molar-refractivity contribution in [1.29, 1.82) is 0 Å². The predicted molar refractivity (Wildman–Crippen MR) is 130 cm³/mol. The first-order valence-corrected chi connectivity index (χ1v) is 11.4. The van der Waals surface area contributed by atoms with Crippen LogP contribution < -0.4 is 4.90 Å². The van der Waals surface area contributed by atoms with Crippen LogP contribution >= 0.6 is 11.6 Å². The van der Waals surface area contributed by atoms with Gasteiger partial charge in [0.1, 0.15) is 5.82 Å². The number of carbonyl (C=O) groups excluding carboxylic acids is 2. The minimum Gasteiger partial charge on any atom is -0.375 e. The van der Waals surface area contributed by atoms with E-state index in [4.69, 9.17) is 11.6 Å². The van der Waals surface area contributed by atoms with Gasteiger partial charge in [-0.25, -0.2) is 4.39 Å². The molecule has 5 rings (SSSR count). The van der Waals surface area contributed by atoms with Crippen LogP contribution in [0.5, 0.6) is 0 Å². The molecule has 2 N–H and O–H groups in total. The maximum atomic E-state index is 13.6. The Hall–Kier alpha value is -3.48. The van der Waals surface area contributed by atoms with E-state index >= 15 is 0 Å². The van der Waals surface area contributed by atoms with Crippen LogP contribution in [0.1, 0.15) is 34.3 Å². The smallest absolute Gasteiger partial charge is 0.264 e. The summed E-state index contributed by atoms with van der Waals surface area (Å²) in [5.74, 6) is -1.58. The number of amides is 1. The van der Waals surface area contributed by atoms with Crippen LogP contribution in [0.15, 0.2) is 72.9 Å². The van der Waals surface area contributed by atoms with Gasteiger partial charge in [-0.05, 0) is 54.8 Å². The maximum absolute atomic E-state index is 13.6. The van der Waals surface area contributed by atoms with Gasteiger partial charge in [0.15, 0.2) is 11.4 Å². The molecule has 5 nitrogen and oxygen atoms in total. The standard InChI is InChI=1S/C27H22ClFN2O3/c28-19-10-11-23-21(14-19)18(16-30-23)6-4-12-31-24-9-2-1-8-22(24)27(34,26(31)33)15-25(32)17-5-3-7-20(29)13-17/h1-3,5,7-11,13-14,16,30,34H,4,6,12,15H2/t27-/m1/s1. The van der Waals surface area contributed by atoms with E-state index in [0.717, 1.165) is 22.5 Å². The van der Waals surface area contributed by atoms with Crippen molar-refractivity contribution in [2.45, 2.75) is 24.9 Å². The number of aryl methyl sites for hydroxylation is 1. The number of halogens is 2. The Balaban J connectivity index is 1.36. The van der Waals surface area contributed by atoms with E-state index in [1.165, 1.54) is 23.1 Å². The molecule has 2 heterocycles. The quantitative estimate of drug-likeness (QED) is 0.351. The van der Waals surface area contributed by atoms with Crippen molar-refractivity contribution in [3.05, 3.63) is 100 Å². The molecule has 0 saturated carbocycles. The molecule has 1 aliphatic rings. The summed E-state index contributed by atoms with van der Waals surface area (Å²) in [5, 5.41) is 13.1. The highest BCUT2D eigenvalue weighted by molar-refractivity contribution is 6.31. The second-order valence-electron chi connectivity index (χ2n) is 8.55. The van der Waals surface area contributed by atoms with Crippen molar-refractivity contribution in [2.75, 3.05) is 11.4 Å². The third-order valence-corrected chi connectivity index (χ3v) is 6.59. The molecule has 1 atom stereocenters. The number of rotatable bonds is 7. The minimum absolute atomic E-state index is 0.121. The van der Waals surface area contributed by atoms with Gasteiger partial charge in [-0.15, -0.1) is 0 Å². The van der Waals surface area contributed by atoms with E-state index in [-0.39, 0.29) is 5.56 Å². The van der Waals surface area contributed by atoms with Crippen molar-refractivity contribution in [3.8, 4) is 0 Å². The van der Waals surface area contributed by atoms with E-state index in [0.29, 0.717) is 35.7 Å². The van der Waals surface area contributed by atoms with Crippen LogP contribution in [-0.2, 0) is 16.8 Å². The largest absolute Gasteiger partial charge is 0.375 e. The highest BCUT2D eigenvalue weighted by Gasteiger charge is 2.50. The lowest BCUT2D eigenvalue weighted by atomic mass is 9.88. The van der Waals surface area contributed by atoms with E-state index in [1.54, 1.807) is 24.3 Å². The van der Waals surface area contributed by atoms with E-state index in [2.05, 4.69) is 4.98 Å². The molecular weight excluding hydrogens is 455 g/mol. The van der Waals surface area contributed by atoms with Gasteiger partial charge in [0.25, 0.3) is 5.91 Å². The number of fused-ring (bicyclic) bond motifs is 2. The van der Waals surface area contributed by atoms with Crippen molar-refractivity contribution < 1.29 is 19.1 Å². The maximum Gasteiger partial charge on any atom is 0.264 e. The summed E-state index contributed by atoms with van der Waals surface area (Å²) in [7, 11) is 0. The number of aromatic nitrogens is 1. The van der Waals surface area contributed by atoms with Crippen molar-refractivity contribution in [1.82, 2.24) is 4.98 Å². The lowest BCUT2D eigenvalue weighted by molar-refractivity contribution is -0.135. The number of hydrogen-bond acceptors (Lipinski definition) is 3. The highest BCUT2D eigenvalue weighted by atomic mass is 35.5. The fourth-order valence-electron chi connectivity index (χ4n) is 4.68. The third kappa shape index (κ3) is 3.89.